The maximum Gasteiger partial charge on any atom is 0.422 e. The first kappa shape index (κ1) is 14.0. The molecular formula is C13H16F3NO2. The topological polar surface area (TPSA) is 30.5 Å². The van der Waals surface area contributed by atoms with E-state index in [0.717, 1.165) is 25.8 Å². The first-order valence-corrected chi connectivity index (χ1v) is 6.23. The highest BCUT2D eigenvalue weighted by Crippen LogP contribution is 2.29. The van der Waals surface area contributed by atoms with Crippen molar-refractivity contribution in [3.05, 3.63) is 24.3 Å². The SMILES string of the molecule is FC(F)(F)COc1ccccc1OC1CCCCN1. The van der Waals surface area contributed by atoms with E-state index < -0.39 is 12.8 Å². The van der Waals surface area contributed by atoms with Gasteiger partial charge in [0.25, 0.3) is 0 Å². The molecule has 0 aliphatic carbocycles. The fraction of sp³-hybridized carbons (Fsp3) is 0.538. The van der Waals surface area contributed by atoms with Crippen LogP contribution >= 0.6 is 0 Å². The largest absolute Gasteiger partial charge is 0.480 e. The minimum Gasteiger partial charge on any atom is -0.480 e. The summed E-state index contributed by atoms with van der Waals surface area (Å²) in [6.45, 7) is -0.457. The Hall–Kier alpha value is -1.43. The van der Waals surface area contributed by atoms with Gasteiger partial charge >= 0.3 is 6.18 Å². The molecule has 0 amide bonds. The maximum absolute atomic E-state index is 12.2. The van der Waals surface area contributed by atoms with Crippen molar-refractivity contribution in [3.8, 4) is 11.5 Å². The van der Waals surface area contributed by atoms with E-state index in [2.05, 4.69) is 5.32 Å². The summed E-state index contributed by atoms with van der Waals surface area (Å²) >= 11 is 0. The Labute approximate surface area is 109 Å². The molecule has 0 radical (unpaired) electrons. The van der Waals surface area contributed by atoms with Crippen molar-refractivity contribution >= 4 is 0 Å². The smallest absolute Gasteiger partial charge is 0.422 e. The minimum atomic E-state index is -4.35. The zero-order valence-corrected chi connectivity index (χ0v) is 10.4. The fourth-order valence-electron chi connectivity index (χ4n) is 1.90. The zero-order valence-electron chi connectivity index (χ0n) is 10.4. The predicted octanol–water partition coefficient (Wildman–Crippen LogP) is 3.11. The molecule has 1 saturated heterocycles. The third kappa shape index (κ3) is 4.63. The second-order valence-electron chi connectivity index (χ2n) is 4.41. The highest BCUT2D eigenvalue weighted by molar-refractivity contribution is 5.39. The normalized spacial score (nSPS) is 20.1. The molecular weight excluding hydrogens is 259 g/mol. The van der Waals surface area contributed by atoms with E-state index in [-0.39, 0.29) is 12.0 Å². The van der Waals surface area contributed by atoms with Crippen molar-refractivity contribution in [2.24, 2.45) is 0 Å². The maximum atomic E-state index is 12.2. The summed E-state index contributed by atoms with van der Waals surface area (Å²) in [5, 5.41) is 3.17. The molecule has 106 valence electrons. The number of benzene rings is 1. The van der Waals surface area contributed by atoms with E-state index in [1.165, 1.54) is 6.07 Å². The molecule has 1 fully saturated rings. The van der Waals surface area contributed by atoms with Crippen LogP contribution in [-0.4, -0.2) is 25.6 Å². The van der Waals surface area contributed by atoms with E-state index in [1.807, 2.05) is 0 Å². The summed E-state index contributed by atoms with van der Waals surface area (Å²) < 4.78 is 46.9. The van der Waals surface area contributed by atoms with Gasteiger partial charge in [0.2, 0.25) is 0 Å². The number of piperidine rings is 1. The van der Waals surface area contributed by atoms with Gasteiger partial charge in [0.1, 0.15) is 6.23 Å². The van der Waals surface area contributed by atoms with Gasteiger partial charge in [-0.1, -0.05) is 12.1 Å². The van der Waals surface area contributed by atoms with Crippen molar-refractivity contribution in [2.45, 2.75) is 31.7 Å². The van der Waals surface area contributed by atoms with E-state index in [0.29, 0.717) is 5.75 Å². The molecule has 1 aliphatic rings. The third-order valence-electron chi connectivity index (χ3n) is 2.77. The van der Waals surface area contributed by atoms with Crippen LogP contribution < -0.4 is 14.8 Å². The van der Waals surface area contributed by atoms with Gasteiger partial charge in [-0.25, -0.2) is 0 Å². The monoisotopic (exact) mass is 275 g/mol. The lowest BCUT2D eigenvalue weighted by atomic mass is 10.1. The second kappa shape index (κ2) is 6.14. The Balaban J connectivity index is 1.99. The molecule has 1 unspecified atom stereocenters. The summed E-state index contributed by atoms with van der Waals surface area (Å²) in [5.74, 6) is 0.457. The highest BCUT2D eigenvalue weighted by atomic mass is 19.4. The molecule has 1 aliphatic heterocycles. The van der Waals surface area contributed by atoms with Crippen LogP contribution in [0.1, 0.15) is 19.3 Å². The molecule has 1 atom stereocenters. The Morgan fingerprint density at radius 1 is 1.16 bits per heavy atom. The fourth-order valence-corrected chi connectivity index (χ4v) is 1.90. The van der Waals surface area contributed by atoms with Crippen LogP contribution in [0.15, 0.2) is 24.3 Å². The lowest BCUT2D eigenvalue weighted by molar-refractivity contribution is -0.153. The van der Waals surface area contributed by atoms with Gasteiger partial charge in [0, 0.05) is 0 Å². The molecule has 0 saturated carbocycles. The minimum absolute atomic E-state index is 0.118. The molecule has 0 bridgehead atoms. The Bertz CT molecular complexity index is 403. The Morgan fingerprint density at radius 2 is 1.89 bits per heavy atom. The average Bonchev–Trinajstić information content (AvgIpc) is 2.38. The molecule has 1 aromatic rings. The van der Waals surface area contributed by atoms with Crippen molar-refractivity contribution < 1.29 is 22.6 Å². The quantitative estimate of drug-likeness (QED) is 0.916. The summed E-state index contributed by atoms with van der Waals surface area (Å²) in [6.07, 6.45) is -1.54. The van der Waals surface area contributed by atoms with E-state index in [4.69, 9.17) is 9.47 Å². The number of para-hydroxylation sites is 2. The lowest BCUT2D eigenvalue weighted by Gasteiger charge is -2.25. The van der Waals surface area contributed by atoms with Gasteiger partial charge in [-0.2, -0.15) is 13.2 Å². The lowest BCUT2D eigenvalue weighted by Crippen LogP contribution is -2.38. The van der Waals surface area contributed by atoms with Gasteiger partial charge in [0.05, 0.1) is 0 Å². The molecule has 2 rings (SSSR count). The van der Waals surface area contributed by atoms with Crippen molar-refractivity contribution in [1.29, 1.82) is 0 Å². The number of hydrogen-bond acceptors (Lipinski definition) is 3. The van der Waals surface area contributed by atoms with Crippen molar-refractivity contribution in [2.75, 3.05) is 13.2 Å². The first-order valence-electron chi connectivity index (χ1n) is 6.23. The highest BCUT2D eigenvalue weighted by Gasteiger charge is 2.29. The van der Waals surface area contributed by atoms with E-state index in [9.17, 15) is 13.2 Å². The number of halogens is 3. The molecule has 19 heavy (non-hydrogen) atoms. The van der Waals surface area contributed by atoms with Crippen LogP contribution in [-0.2, 0) is 0 Å². The number of nitrogens with one attached hydrogen (secondary N) is 1. The molecule has 0 spiro atoms. The van der Waals surface area contributed by atoms with Crippen LogP contribution in [0.25, 0.3) is 0 Å². The number of alkyl halides is 3. The number of rotatable bonds is 4. The van der Waals surface area contributed by atoms with Crippen LogP contribution in [0.5, 0.6) is 11.5 Å². The predicted molar refractivity (Wildman–Crippen MR) is 64.3 cm³/mol. The molecule has 1 aromatic carbocycles. The second-order valence-corrected chi connectivity index (χ2v) is 4.41. The van der Waals surface area contributed by atoms with Gasteiger partial charge in [-0.05, 0) is 37.9 Å². The third-order valence-corrected chi connectivity index (χ3v) is 2.77. The average molecular weight is 275 g/mol. The number of ether oxygens (including phenoxy) is 2. The van der Waals surface area contributed by atoms with Crippen molar-refractivity contribution in [3.63, 3.8) is 0 Å². The Kier molecular flexibility index (Phi) is 4.52. The van der Waals surface area contributed by atoms with Crippen LogP contribution in [0.2, 0.25) is 0 Å². The van der Waals surface area contributed by atoms with Gasteiger partial charge in [0.15, 0.2) is 18.1 Å². The molecule has 0 aromatic heterocycles. The molecule has 6 heteroatoms. The Morgan fingerprint density at radius 3 is 2.53 bits per heavy atom. The van der Waals surface area contributed by atoms with Crippen LogP contribution in [0.3, 0.4) is 0 Å². The zero-order chi connectivity index (χ0) is 13.7. The van der Waals surface area contributed by atoms with Crippen molar-refractivity contribution in [1.82, 2.24) is 5.32 Å². The summed E-state index contributed by atoms with van der Waals surface area (Å²) in [7, 11) is 0. The van der Waals surface area contributed by atoms with Crippen LogP contribution in [0.4, 0.5) is 13.2 Å². The summed E-state index contributed by atoms with van der Waals surface area (Å²) in [6, 6.07) is 6.41. The first-order chi connectivity index (χ1) is 9.04. The molecule has 1 heterocycles. The number of hydrogen-bond donors (Lipinski definition) is 1. The van der Waals surface area contributed by atoms with E-state index >= 15 is 0 Å². The summed E-state index contributed by atoms with van der Waals surface area (Å²) in [4.78, 5) is 0. The van der Waals surface area contributed by atoms with Gasteiger partial charge in [-0.3, -0.25) is 5.32 Å². The van der Waals surface area contributed by atoms with Crippen LogP contribution in [0, 0.1) is 0 Å². The van der Waals surface area contributed by atoms with Gasteiger partial charge in [-0.15, -0.1) is 0 Å². The van der Waals surface area contributed by atoms with E-state index in [1.54, 1.807) is 18.2 Å². The van der Waals surface area contributed by atoms with Gasteiger partial charge < -0.3 is 9.47 Å². The standard InChI is InChI=1S/C13H16F3NO2/c14-13(15,16)9-18-10-5-1-2-6-11(10)19-12-7-3-4-8-17-12/h1-2,5-6,12,17H,3-4,7-9H2. The summed E-state index contributed by atoms with van der Waals surface area (Å²) in [5.41, 5.74) is 0. The molecule has 1 N–H and O–H groups in total. The molecule has 3 nitrogen and oxygen atoms in total.